The van der Waals surface area contributed by atoms with E-state index < -0.39 is 0 Å². The van der Waals surface area contributed by atoms with Crippen LogP contribution in [0, 0.1) is 0 Å². The number of carbonyl (C=O) groups excluding carboxylic acids is 1. The average molecular weight is 199 g/mol. The van der Waals surface area contributed by atoms with Crippen molar-refractivity contribution in [3.8, 4) is 0 Å². The van der Waals surface area contributed by atoms with Gasteiger partial charge in [-0.2, -0.15) is 0 Å². The quantitative estimate of drug-likeness (QED) is 0.704. The van der Waals surface area contributed by atoms with E-state index in [-0.39, 0.29) is 17.6 Å². The number of carbonyl (C=O) groups is 1. The highest BCUT2D eigenvalue weighted by Crippen LogP contribution is 2.30. The number of esters is 1. The first kappa shape index (κ1) is 11.5. The van der Waals surface area contributed by atoms with Crippen LogP contribution in [0.5, 0.6) is 0 Å². The molecule has 0 radical (unpaired) electrons. The summed E-state index contributed by atoms with van der Waals surface area (Å²) < 4.78 is 5.21. The van der Waals surface area contributed by atoms with Crippen LogP contribution in [-0.4, -0.2) is 17.6 Å². The smallest absolute Gasteiger partial charge is 0.307 e. The Kier molecular flexibility index (Phi) is 3.93. The fraction of sp³-hybridized carbons (Fsp3) is 0.909. The van der Waals surface area contributed by atoms with Gasteiger partial charge in [0.15, 0.2) is 0 Å². The molecule has 0 aromatic heterocycles. The van der Waals surface area contributed by atoms with Gasteiger partial charge in [0.1, 0.15) is 0 Å². The number of hydrogen-bond acceptors (Lipinski definition) is 3. The summed E-state index contributed by atoms with van der Waals surface area (Å²) in [6.07, 6.45) is 5.49. The van der Waals surface area contributed by atoms with Crippen molar-refractivity contribution in [1.29, 1.82) is 0 Å². The van der Waals surface area contributed by atoms with Crippen LogP contribution in [0.15, 0.2) is 0 Å². The van der Waals surface area contributed by atoms with Crippen LogP contribution in [0.2, 0.25) is 0 Å². The Morgan fingerprint density at radius 1 is 1.50 bits per heavy atom. The molecule has 0 spiro atoms. The van der Waals surface area contributed by atoms with Crippen molar-refractivity contribution in [2.75, 3.05) is 0 Å². The van der Waals surface area contributed by atoms with Crippen LogP contribution in [0.1, 0.15) is 52.4 Å². The van der Waals surface area contributed by atoms with E-state index in [4.69, 9.17) is 10.5 Å². The molecule has 0 aromatic rings. The topological polar surface area (TPSA) is 52.3 Å². The van der Waals surface area contributed by atoms with Gasteiger partial charge in [-0.1, -0.05) is 19.8 Å². The summed E-state index contributed by atoms with van der Waals surface area (Å²) in [5, 5.41) is 0. The molecular formula is C11H21NO2. The summed E-state index contributed by atoms with van der Waals surface area (Å²) in [5.41, 5.74) is 5.80. The van der Waals surface area contributed by atoms with Gasteiger partial charge >= 0.3 is 5.97 Å². The first-order chi connectivity index (χ1) is 6.56. The molecule has 3 heteroatoms. The van der Waals surface area contributed by atoms with Gasteiger partial charge in [-0.05, 0) is 26.2 Å². The fourth-order valence-electron chi connectivity index (χ4n) is 1.89. The van der Waals surface area contributed by atoms with Crippen molar-refractivity contribution in [3.05, 3.63) is 0 Å². The van der Waals surface area contributed by atoms with E-state index in [0.29, 0.717) is 6.42 Å². The number of nitrogens with two attached hydrogens (primary N) is 1. The van der Waals surface area contributed by atoms with Gasteiger partial charge in [-0.3, -0.25) is 4.79 Å². The first-order valence-electron chi connectivity index (χ1n) is 5.54. The lowest BCUT2D eigenvalue weighted by Crippen LogP contribution is -2.39. The molecule has 3 nitrogen and oxygen atoms in total. The summed E-state index contributed by atoms with van der Waals surface area (Å²) in [4.78, 5) is 11.5. The van der Waals surface area contributed by atoms with E-state index in [9.17, 15) is 4.79 Å². The van der Waals surface area contributed by atoms with Crippen molar-refractivity contribution >= 4 is 5.97 Å². The molecule has 1 unspecified atom stereocenters. The zero-order chi connectivity index (χ0) is 10.6. The van der Waals surface area contributed by atoms with Crippen molar-refractivity contribution in [1.82, 2.24) is 0 Å². The van der Waals surface area contributed by atoms with Gasteiger partial charge < -0.3 is 10.5 Å². The van der Waals surface area contributed by atoms with Crippen LogP contribution in [-0.2, 0) is 9.53 Å². The second kappa shape index (κ2) is 4.78. The molecule has 0 bridgehead atoms. The molecule has 0 aliphatic heterocycles. The Labute approximate surface area is 86.0 Å². The van der Waals surface area contributed by atoms with Crippen molar-refractivity contribution < 1.29 is 9.53 Å². The second-order valence-electron chi connectivity index (χ2n) is 4.45. The molecule has 1 rings (SSSR count). The van der Waals surface area contributed by atoms with E-state index in [1.54, 1.807) is 0 Å². The molecule has 1 saturated carbocycles. The maximum Gasteiger partial charge on any atom is 0.307 e. The monoisotopic (exact) mass is 199 g/mol. The van der Waals surface area contributed by atoms with Crippen molar-refractivity contribution in [2.24, 2.45) is 5.73 Å². The Bertz CT molecular complexity index is 197. The predicted molar refractivity (Wildman–Crippen MR) is 55.8 cm³/mol. The summed E-state index contributed by atoms with van der Waals surface area (Å²) >= 11 is 0. The SMILES string of the molecule is CCC(C)OC(=O)CC1(N)CCCC1. The Balaban J connectivity index is 2.32. The van der Waals surface area contributed by atoms with Crippen LogP contribution in [0.4, 0.5) is 0 Å². The predicted octanol–water partition coefficient (Wildman–Crippen LogP) is 1.99. The molecule has 1 aliphatic rings. The van der Waals surface area contributed by atoms with Crippen LogP contribution >= 0.6 is 0 Å². The van der Waals surface area contributed by atoms with Crippen molar-refractivity contribution in [3.63, 3.8) is 0 Å². The van der Waals surface area contributed by atoms with Gasteiger partial charge in [0.2, 0.25) is 0 Å². The third-order valence-electron chi connectivity index (χ3n) is 3.00. The van der Waals surface area contributed by atoms with E-state index in [1.807, 2.05) is 13.8 Å². The van der Waals surface area contributed by atoms with Gasteiger partial charge in [0.25, 0.3) is 0 Å². The molecule has 0 aromatic carbocycles. The highest BCUT2D eigenvalue weighted by molar-refractivity contribution is 5.71. The zero-order valence-electron chi connectivity index (χ0n) is 9.21. The summed E-state index contributed by atoms with van der Waals surface area (Å²) in [7, 11) is 0. The van der Waals surface area contributed by atoms with Gasteiger partial charge in [0.05, 0.1) is 12.5 Å². The summed E-state index contributed by atoms with van der Waals surface area (Å²) in [5.74, 6) is -0.135. The molecule has 1 atom stereocenters. The molecule has 82 valence electrons. The third kappa shape index (κ3) is 3.29. The minimum atomic E-state index is -0.273. The zero-order valence-corrected chi connectivity index (χ0v) is 9.21. The summed E-state index contributed by atoms with van der Waals surface area (Å²) in [6.45, 7) is 3.92. The van der Waals surface area contributed by atoms with E-state index >= 15 is 0 Å². The molecule has 1 aliphatic carbocycles. The molecule has 1 fully saturated rings. The Morgan fingerprint density at radius 2 is 2.07 bits per heavy atom. The third-order valence-corrected chi connectivity index (χ3v) is 3.00. The maximum absolute atomic E-state index is 11.5. The van der Waals surface area contributed by atoms with Gasteiger partial charge in [0, 0.05) is 5.54 Å². The van der Waals surface area contributed by atoms with Crippen molar-refractivity contribution in [2.45, 2.75) is 64.0 Å². The highest BCUT2D eigenvalue weighted by atomic mass is 16.5. The number of ether oxygens (including phenoxy) is 1. The largest absolute Gasteiger partial charge is 0.463 e. The Hall–Kier alpha value is -0.570. The van der Waals surface area contributed by atoms with Crippen LogP contribution < -0.4 is 5.73 Å². The van der Waals surface area contributed by atoms with E-state index in [0.717, 1.165) is 32.1 Å². The maximum atomic E-state index is 11.5. The lowest BCUT2D eigenvalue weighted by molar-refractivity contribution is -0.149. The minimum Gasteiger partial charge on any atom is -0.463 e. The lowest BCUT2D eigenvalue weighted by Gasteiger charge is -2.23. The molecule has 0 amide bonds. The minimum absolute atomic E-state index is 0.0208. The number of hydrogen-bond donors (Lipinski definition) is 1. The molecular weight excluding hydrogens is 178 g/mol. The molecule has 0 heterocycles. The van der Waals surface area contributed by atoms with E-state index in [1.165, 1.54) is 0 Å². The van der Waals surface area contributed by atoms with Crippen LogP contribution in [0.3, 0.4) is 0 Å². The standard InChI is InChI=1S/C11H21NO2/c1-3-9(2)14-10(13)8-11(12)6-4-5-7-11/h9H,3-8,12H2,1-2H3. The molecule has 0 saturated heterocycles. The van der Waals surface area contributed by atoms with Crippen LogP contribution in [0.25, 0.3) is 0 Å². The Morgan fingerprint density at radius 3 is 2.57 bits per heavy atom. The summed E-state index contributed by atoms with van der Waals surface area (Å²) in [6, 6.07) is 0. The van der Waals surface area contributed by atoms with Gasteiger partial charge in [-0.25, -0.2) is 0 Å². The highest BCUT2D eigenvalue weighted by Gasteiger charge is 2.32. The number of rotatable bonds is 4. The van der Waals surface area contributed by atoms with Gasteiger partial charge in [-0.15, -0.1) is 0 Å². The van der Waals surface area contributed by atoms with E-state index in [2.05, 4.69) is 0 Å². The fourth-order valence-corrected chi connectivity index (χ4v) is 1.89. The average Bonchev–Trinajstić information content (AvgIpc) is 2.51. The molecule has 2 N–H and O–H groups in total. The normalized spacial score (nSPS) is 21.9. The first-order valence-corrected chi connectivity index (χ1v) is 5.54. The second-order valence-corrected chi connectivity index (χ2v) is 4.45. The molecule has 14 heavy (non-hydrogen) atoms. The lowest BCUT2D eigenvalue weighted by atomic mass is 9.95.